The number of rotatable bonds is 8. The van der Waals surface area contributed by atoms with E-state index in [1.807, 2.05) is 78.9 Å². The first-order chi connectivity index (χ1) is 15.2. The van der Waals surface area contributed by atoms with Gasteiger partial charge in [-0.3, -0.25) is 9.59 Å². The number of aromatic nitrogens is 1. The third kappa shape index (κ3) is 4.57. The van der Waals surface area contributed by atoms with Crippen LogP contribution < -0.4 is 10.6 Å². The molecule has 0 aliphatic rings. The first-order valence-electron chi connectivity index (χ1n) is 10.4. The third-order valence-electron chi connectivity index (χ3n) is 5.46. The van der Waals surface area contributed by atoms with Gasteiger partial charge in [-0.1, -0.05) is 60.7 Å². The van der Waals surface area contributed by atoms with Crippen LogP contribution in [-0.4, -0.2) is 30.3 Å². The van der Waals surface area contributed by atoms with Crippen molar-refractivity contribution in [1.29, 1.82) is 0 Å². The Bertz CT molecular complexity index is 1180. The minimum absolute atomic E-state index is 0.0404. The van der Waals surface area contributed by atoms with E-state index >= 15 is 0 Å². The van der Waals surface area contributed by atoms with Crippen molar-refractivity contribution in [3.8, 4) is 0 Å². The Hall–Kier alpha value is -3.70. The molecule has 4 aromatic rings. The lowest BCUT2D eigenvalue weighted by Crippen LogP contribution is -2.30. The second-order valence-electron chi connectivity index (χ2n) is 7.44. The zero-order valence-corrected chi connectivity index (χ0v) is 17.4. The van der Waals surface area contributed by atoms with Gasteiger partial charge in [-0.2, -0.15) is 0 Å². The van der Waals surface area contributed by atoms with Crippen LogP contribution in [0.3, 0.4) is 0 Å². The molecule has 0 saturated heterocycles. The lowest BCUT2D eigenvalue weighted by Gasteiger charge is -2.18. The van der Waals surface area contributed by atoms with Gasteiger partial charge in [0.1, 0.15) is 0 Å². The first kappa shape index (κ1) is 20.6. The Labute approximate surface area is 181 Å². The summed E-state index contributed by atoms with van der Waals surface area (Å²) in [4.78, 5) is 28.4. The molecule has 1 heterocycles. The summed E-state index contributed by atoms with van der Waals surface area (Å²) in [5.41, 5.74) is 4.32. The molecule has 1 amide bonds. The summed E-state index contributed by atoms with van der Waals surface area (Å²) in [6.45, 7) is 0.632. The number of para-hydroxylation sites is 1. The highest BCUT2D eigenvalue weighted by Crippen LogP contribution is 2.24. The van der Waals surface area contributed by atoms with Gasteiger partial charge in [0, 0.05) is 41.8 Å². The molecule has 3 aromatic carbocycles. The highest BCUT2D eigenvalue weighted by Gasteiger charge is 2.23. The van der Waals surface area contributed by atoms with Crippen molar-refractivity contribution in [3.63, 3.8) is 0 Å². The molecule has 4 rings (SSSR count). The van der Waals surface area contributed by atoms with Crippen LogP contribution in [-0.2, 0) is 6.42 Å². The van der Waals surface area contributed by atoms with Crippen LogP contribution in [0, 0.1) is 0 Å². The number of benzene rings is 3. The molecule has 5 nitrogen and oxygen atoms in total. The second kappa shape index (κ2) is 9.41. The molecule has 1 aromatic heterocycles. The number of Topliss-reactive ketones (excluding diaryl/α,β-unsaturated/α-hetero) is 1. The van der Waals surface area contributed by atoms with Crippen molar-refractivity contribution in [3.05, 3.63) is 107 Å². The molecule has 156 valence electrons. The summed E-state index contributed by atoms with van der Waals surface area (Å²) in [6, 6.07) is 24.7. The van der Waals surface area contributed by atoms with Gasteiger partial charge in [0.15, 0.2) is 5.78 Å². The maximum Gasteiger partial charge on any atom is 0.251 e. The first-order valence-corrected chi connectivity index (χ1v) is 10.4. The number of ketones is 1. The largest absolute Gasteiger partial charge is 0.360 e. The van der Waals surface area contributed by atoms with Crippen LogP contribution in [0.2, 0.25) is 0 Å². The van der Waals surface area contributed by atoms with Crippen molar-refractivity contribution in [2.24, 2.45) is 0 Å². The highest BCUT2D eigenvalue weighted by molar-refractivity contribution is 6.10. The van der Waals surface area contributed by atoms with Crippen molar-refractivity contribution < 1.29 is 9.59 Å². The van der Waals surface area contributed by atoms with E-state index in [0.717, 1.165) is 28.5 Å². The highest BCUT2D eigenvalue weighted by atomic mass is 16.1. The summed E-state index contributed by atoms with van der Waals surface area (Å²) in [6.07, 6.45) is 2.54. The Kier molecular flexibility index (Phi) is 6.24. The molecule has 0 spiro atoms. The molecule has 31 heavy (non-hydrogen) atoms. The van der Waals surface area contributed by atoms with Gasteiger partial charge < -0.3 is 15.6 Å². The quantitative estimate of drug-likeness (QED) is 0.379. The maximum absolute atomic E-state index is 13.5. The van der Waals surface area contributed by atoms with Crippen LogP contribution in [0.15, 0.2) is 85.1 Å². The van der Waals surface area contributed by atoms with Crippen molar-refractivity contribution in [1.82, 2.24) is 15.6 Å². The van der Waals surface area contributed by atoms with Gasteiger partial charge >= 0.3 is 0 Å². The van der Waals surface area contributed by atoms with Gasteiger partial charge in [-0.25, -0.2) is 0 Å². The fourth-order valence-electron chi connectivity index (χ4n) is 3.77. The summed E-state index contributed by atoms with van der Waals surface area (Å²) in [7, 11) is 1.62. The van der Waals surface area contributed by atoms with E-state index in [0.29, 0.717) is 17.7 Å². The maximum atomic E-state index is 13.5. The normalized spacial score (nSPS) is 11.9. The number of carbonyl (C=O) groups is 2. The number of hydrogen-bond donors (Lipinski definition) is 3. The summed E-state index contributed by atoms with van der Waals surface area (Å²) < 4.78 is 0. The Morgan fingerprint density at radius 2 is 1.61 bits per heavy atom. The van der Waals surface area contributed by atoms with Crippen LogP contribution >= 0.6 is 0 Å². The number of aromatic amines is 1. The standard InChI is InChI=1S/C26H25N3O2/c1-27-26(31)20-13-11-18(12-14-20)15-16-28-24(19-7-3-2-4-8-19)25(30)22-17-29-23-10-6-5-9-21(22)23/h2-14,17,24,28-29H,15-16H2,1H3,(H,27,31). The fourth-order valence-corrected chi connectivity index (χ4v) is 3.77. The SMILES string of the molecule is CNC(=O)c1ccc(CCNC(C(=O)c2c[nH]c3ccccc23)c2ccccc2)cc1. The molecule has 0 radical (unpaired) electrons. The zero-order valence-electron chi connectivity index (χ0n) is 17.4. The van der Waals surface area contributed by atoms with Gasteiger partial charge in [-0.05, 0) is 35.7 Å². The molecule has 1 atom stereocenters. The van der Waals surface area contributed by atoms with E-state index in [9.17, 15) is 9.59 Å². The summed E-state index contributed by atoms with van der Waals surface area (Å²) >= 11 is 0. The van der Waals surface area contributed by atoms with Crippen LogP contribution in [0.4, 0.5) is 0 Å². The topological polar surface area (TPSA) is 74.0 Å². The van der Waals surface area contributed by atoms with Gasteiger partial charge in [0.05, 0.1) is 6.04 Å². The monoisotopic (exact) mass is 411 g/mol. The van der Waals surface area contributed by atoms with Crippen LogP contribution in [0.5, 0.6) is 0 Å². The average Bonchev–Trinajstić information content (AvgIpc) is 3.26. The third-order valence-corrected chi connectivity index (χ3v) is 5.46. The molecule has 0 aliphatic heterocycles. The molecular formula is C26H25N3O2. The summed E-state index contributed by atoms with van der Waals surface area (Å²) in [5, 5.41) is 7.00. The molecule has 1 unspecified atom stereocenters. The number of hydrogen-bond acceptors (Lipinski definition) is 3. The molecule has 0 aliphatic carbocycles. The number of carbonyl (C=O) groups excluding carboxylic acids is 2. The smallest absolute Gasteiger partial charge is 0.251 e. The predicted molar refractivity (Wildman–Crippen MR) is 123 cm³/mol. The predicted octanol–water partition coefficient (Wildman–Crippen LogP) is 4.28. The number of amides is 1. The van der Waals surface area contributed by atoms with Crippen LogP contribution in [0.25, 0.3) is 10.9 Å². The van der Waals surface area contributed by atoms with E-state index in [4.69, 9.17) is 0 Å². The zero-order chi connectivity index (χ0) is 21.6. The number of H-pyrrole nitrogens is 1. The molecule has 0 saturated carbocycles. The van der Waals surface area contributed by atoms with E-state index in [1.54, 1.807) is 13.2 Å². The minimum Gasteiger partial charge on any atom is -0.360 e. The second-order valence-corrected chi connectivity index (χ2v) is 7.44. The van der Waals surface area contributed by atoms with Crippen LogP contribution in [0.1, 0.15) is 37.9 Å². The molecule has 3 N–H and O–H groups in total. The number of fused-ring (bicyclic) bond motifs is 1. The van der Waals surface area contributed by atoms with E-state index in [1.165, 1.54) is 0 Å². The van der Waals surface area contributed by atoms with Crippen molar-refractivity contribution in [2.75, 3.05) is 13.6 Å². The summed E-state index contributed by atoms with van der Waals surface area (Å²) in [5.74, 6) is -0.0586. The Morgan fingerprint density at radius 1 is 0.903 bits per heavy atom. The van der Waals surface area contributed by atoms with Crippen molar-refractivity contribution >= 4 is 22.6 Å². The lowest BCUT2D eigenvalue weighted by molar-refractivity contribution is 0.0941. The minimum atomic E-state index is -0.439. The molecule has 0 fully saturated rings. The van der Waals surface area contributed by atoms with E-state index in [-0.39, 0.29) is 11.7 Å². The Morgan fingerprint density at radius 3 is 2.35 bits per heavy atom. The van der Waals surface area contributed by atoms with E-state index < -0.39 is 6.04 Å². The molecule has 0 bridgehead atoms. The van der Waals surface area contributed by atoms with Gasteiger partial charge in [0.25, 0.3) is 5.91 Å². The van der Waals surface area contributed by atoms with Gasteiger partial charge in [-0.15, -0.1) is 0 Å². The lowest BCUT2D eigenvalue weighted by atomic mass is 9.96. The Balaban J connectivity index is 1.51. The van der Waals surface area contributed by atoms with Gasteiger partial charge in [0.2, 0.25) is 0 Å². The molecular weight excluding hydrogens is 386 g/mol. The molecule has 5 heteroatoms. The van der Waals surface area contributed by atoms with Crippen molar-refractivity contribution in [2.45, 2.75) is 12.5 Å². The fraction of sp³-hybridized carbons (Fsp3) is 0.154. The number of nitrogens with one attached hydrogen (secondary N) is 3. The van der Waals surface area contributed by atoms with E-state index in [2.05, 4.69) is 15.6 Å². The average molecular weight is 412 g/mol.